The molecule has 0 bridgehead atoms. The second-order valence-electron chi connectivity index (χ2n) is 4.73. The van der Waals surface area contributed by atoms with Gasteiger partial charge < -0.3 is 0 Å². The van der Waals surface area contributed by atoms with E-state index in [1.165, 1.54) is 19.3 Å². The van der Waals surface area contributed by atoms with Gasteiger partial charge in [-0.3, -0.25) is 0 Å². The van der Waals surface area contributed by atoms with Gasteiger partial charge in [0.05, 0.1) is 0 Å². The van der Waals surface area contributed by atoms with Gasteiger partial charge in [-0.2, -0.15) is 0 Å². The first-order chi connectivity index (χ1) is 6.08. The SMILES string of the molecule is CCC(C)B(C(C)CC)C(C)CC.[Na]. The van der Waals surface area contributed by atoms with Gasteiger partial charge >= 0.3 is 0 Å². The Balaban J connectivity index is 0. The summed E-state index contributed by atoms with van der Waals surface area (Å²) in [4.78, 5) is 0. The standard InChI is InChI=1S/C12H27B.Na/c1-7-10(4)13(11(5)8-2)12(6)9-3;/h10-12H,7-9H2,1-6H3;. The second kappa shape index (κ2) is 9.30. The summed E-state index contributed by atoms with van der Waals surface area (Å²) in [5.74, 6) is 2.68. The van der Waals surface area contributed by atoms with E-state index >= 15 is 0 Å². The van der Waals surface area contributed by atoms with E-state index in [-0.39, 0.29) is 29.6 Å². The van der Waals surface area contributed by atoms with Gasteiger partial charge in [0.1, 0.15) is 6.71 Å². The largest absolute Gasteiger partial charge is 0.148 e. The van der Waals surface area contributed by atoms with Crippen molar-refractivity contribution in [1.82, 2.24) is 0 Å². The molecule has 0 rings (SSSR count). The molecule has 0 heterocycles. The maximum atomic E-state index is 2.42. The van der Waals surface area contributed by atoms with E-state index in [0.717, 1.165) is 24.2 Å². The average molecular weight is 205 g/mol. The predicted molar refractivity (Wildman–Crippen MR) is 70.7 cm³/mol. The number of rotatable bonds is 6. The molecule has 0 nitrogen and oxygen atoms in total. The molecule has 0 fully saturated rings. The van der Waals surface area contributed by atoms with Crippen molar-refractivity contribution in [2.45, 2.75) is 78.3 Å². The minimum absolute atomic E-state index is 0. The molecule has 0 saturated heterocycles. The zero-order chi connectivity index (χ0) is 10.4. The van der Waals surface area contributed by atoms with Crippen molar-refractivity contribution in [2.75, 3.05) is 0 Å². The number of hydrogen-bond donors (Lipinski definition) is 0. The van der Waals surface area contributed by atoms with E-state index in [0.29, 0.717) is 0 Å². The summed E-state index contributed by atoms with van der Waals surface area (Å²) in [6.45, 7) is 15.2. The third-order valence-corrected chi connectivity index (χ3v) is 3.90. The summed E-state index contributed by atoms with van der Waals surface area (Å²) in [6.07, 6.45) is 4.00. The van der Waals surface area contributed by atoms with Crippen molar-refractivity contribution in [3.05, 3.63) is 0 Å². The van der Waals surface area contributed by atoms with Gasteiger partial charge in [0.15, 0.2) is 0 Å². The smallest absolute Gasteiger partial charge is 0.0691 e. The molecule has 3 atom stereocenters. The van der Waals surface area contributed by atoms with Crippen molar-refractivity contribution in [3.63, 3.8) is 0 Å². The molecule has 0 aromatic heterocycles. The van der Waals surface area contributed by atoms with E-state index in [4.69, 9.17) is 0 Å². The Labute approximate surface area is 114 Å². The summed E-state index contributed by atoms with van der Waals surface area (Å²) in [5, 5.41) is 0. The molecule has 0 aliphatic rings. The molecule has 0 aromatic rings. The molecular weight excluding hydrogens is 178 g/mol. The van der Waals surface area contributed by atoms with E-state index in [1.807, 2.05) is 0 Å². The zero-order valence-corrected chi connectivity index (χ0v) is 13.4. The van der Waals surface area contributed by atoms with Gasteiger partial charge in [-0.1, -0.05) is 78.3 Å². The maximum absolute atomic E-state index is 2.42. The Morgan fingerprint density at radius 1 is 0.714 bits per heavy atom. The van der Waals surface area contributed by atoms with Gasteiger partial charge in [0.2, 0.25) is 0 Å². The number of hydrogen-bond acceptors (Lipinski definition) is 0. The van der Waals surface area contributed by atoms with Crippen molar-refractivity contribution < 1.29 is 0 Å². The van der Waals surface area contributed by atoms with E-state index in [9.17, 15) is 0 Å². The van der Waals surface area contributed by atoms with Crippen LogP contribution >= 0.6 is 0 Å². The van der Waals surface area contributed by atoms with Crippen LogP contribution in [-0.2, 0) is 0 Å². The van der Waals surface area contributed by atoms with Crippen molar-refractivity contribution in [1.29, 1.82) is 0 Å². The van der Waals surface area contributed by atoms with Crippen molar-refractivity contribution in [2.24, 2.45) is 0 Å². The molecule has 3 unspecified atom stereocenters. The van der Waals surface area contributed by atoms with Crippen LogP contribution in [-0.4, -0.2) is 36.3 Å². The molecule has 0 aromatic carbocycles. The fourth-order valence-electron chi connectivity index (χ4n) is 2.50. The Bertz CT molecular complexity index is 104. The minimum atomic E-state index is 0. The van der Waals surface area contributed by atoms with Crippen LogP contribution in [0.5, 0.6) is 0 Å². The normalized spacial score (nSPS) is 16.7. The van der Waals surface area contributed by atoms with Crippen LogP contribution in [0.1, 0.15) is 60.8 Å². The molecule has 0 spiro atoms. The van der Waals surface area contributed by atoms with Crippen LogP contribution in [0.4, 0.5) is 0 Å². The predicted octanol–water partition coefficient (Wildman–Crippen LogP) is 4.50. The molecule has 0 aliphatic heterocycles. The van der Waals surface area contributed by atoms with Crippen molar-refractivity contribution >= 4 is 36.3 Å². The molecule has 0 saturated carbocycles. The third-order valence-electron chi connectivity index (χ3n) is 3.90. The van der Waals surface area contributed by atoms with Gasteiger partial charge in [0, 0.05) is 29.6 Å². The summed E-state index contributed by atoms with van der Waals surface area (Å²) >= 11 is 0. The quantitative estimate of drug-likeness (QED) is 0.560. The summed E-state index contributed by atoms with van der Waals surface area (Å²) in [5.41, 5.74) is 0. The molecule has 14 heavy (non-hydrogen) atoms. The molecule has 2 heteroatoms. The Morgan fingerprint density at radius 2 is 0.929 bits per heavy atom. The van der Waals surface area contributed by atoms with Crippen LogP contribution in [0.25, 0.3) is 0 Å². The van der Waals surface area contributed by atoms with Crippen LogP contribution in [0, 0.1) is 0 Å². The fraction of sp³-hybridized carbons (Fsp3) is 1.00. The van der Waals surface area contributed by atoms with Crippen LogP contribution in [0.3, 0.4) is 0 Å². The first kappa shape index (κ1) is 17.5. The van der Waals surface area contributed by atoms with Crippen LogP contribution < -0.4 is 0 Å². The summed E-state index contributed by atoms with van der Waals surface area (Å²) in [7, 11) is 0. The molecule has 79 valence electrons. The second-order valence-corrected chi connectivity index (χ2v) is 4.73. The fourth-order valence-corrected chi connectivity index (χ4v) is 2.50. The Morgan fingerprint density at radius 3 is 1.07 bits per heavy atom. The molecule has 1 radical (unpaired) electrons. The van der Waals surface area contributed by atoms with Gasteiger partial charge in [-0.15, -0.1) is 0 Å². The molecule has 0 aliphatic carbocycles. The topological polar surface area (TPSA) is 0 Å². The average Bonchev–Trinajstić information content (AvgIpc) is 2.16. The Kier molecular flexibility index (Phi) is 11.6. The van der Waals surface area contributed by atoms with Crippen LogP contribution in [0.15, 0.2) is 0 Å². The monoisotopic (exact) mass is 205 g/mol. The molecule has 0 amide bonds. The van der Waals surface area contributed by atoms with E-state index < -0.39 is 0 Å². The maximum Gasteiger partial charge on any atom is 0.148 e. The van der Waals surface area contributed by atoms with Crippen molar-refractivity contribution in [3.8, 4) is 0 Å². The summed E-state index contributed by atoms with van der Waals surface area (Å²) in [6, 6.07) is 0. The third kappa shape index (κ3) is 5.23. The summed E-state index contributed by atoms with van der Waals surface area (Å²) < 4.78 is 0. The zero-order valence-electron chi connectivity index (χ0n) is 11.4. The Hall–Kier alpha value is 1.06. The van der Waals surface area contributed by atoms with E-state index in [2.05, 4.69) is 41.5 Å². The van der Waals surface area contributed by atoms with Gasteiger partial charge in [-0.25, -0.2) is 0 Å². The van der Waals surface area contributed by atoms with Gasteiger partial charge in [0.25, 0.3) is 0 Å². The van der Waals surface area contributed by atoms with Gasteiger partial charge in [-0.05, 0) is 0 Å². The first-order valence-electron chi connectivity index (χ1n) is 6.08. The first-order valence-corrected chi connectivity index (χ1v) is 6.08. The minimum Gasteiger partial charge on any atom is -0.0691 e. The van der Waals surface area contributed by atoms with E-state index in [1.54, 1.807) is 0 Å². The van der Waals surface area contributed by atoms with Crippen LogP contribution in [0.2, 0.25) is 17.5 Å². The molecule has 0 N–H and O–H groups in total. The molecular formula is C12H27BNa.